The van der Waals surface area contributed by atoms with Gasteiger partial charge in [-0.25, -0.2) is 10.4 Å². The van der Waals surface area contributed by atoms with Crippen molar-refractivity contribution in [2.75, 3.05) is 16.9 Å². The van der Waals surface area contributed by atoms with E-state index in [0.717, 1.165) is 42.4 Å². The van der Waals surface area contributed by atoms with E-state index in [-0.39, 0.29) is 0 Å². The number of anilines is 3. The second-order valence-corrected chi connectivity index (χ2v) is 7.95. The Balaban J connectivity index is 1.32. The zero-order valence-electron chi connectivity index (χ0n) is 16.0. The molecule has 0 aromatic carbocycles. The predicted octanol–water partition coefficient (Wildman–Crippen LogP) is 1.99. The number of rotatable bonds is 5. The van der Waals surface area contributed by atoms with Gasteiger partial charge < -0.3 is 5.32 Å². The molecule has 28 heavy (non-hydrogen) atoms. The third kappa shape index (κ3) is 3.08. The van der Waals surface area contributed by atoms with E-state index >= 15 is 0 Å². The zero-order valence-corrected chi connectivity index (χ0v) is 16.0. The Morgan fingerprint density at radius 2 is 2.07 bits per heavy atom. The second-order valence-electron chi connectivity index (χ2n) is 7.95. The molecule has 146 valence electrons. The first kappa shape index (κ1) is 17.4. The van der Waals surface area contributed by atoms with Gasteiger partial charge in [0.05, 0.1) is 24.9 Å². The van der Waals surface area contributed by atoms with Crippen LogP contribution in [0.15, 0.2) is 12.3 Å². The molecular weight excluding hydrogens is 354 g/mol. The summed E-state index contributed by atoms with van der Waals surface area (Å²) < 4.78 is 0. The minimum absolute atomic E-state index is 0.411. The van der Waals surface area contributed by atoms with E-state index in [1.54, 1.807) is 6.20 Å². The van der Waals surface area contributed by atoms with Crippen LogP contribution in [-0.2, 0) is 6.54 Å². The standard InChI is InChI=1S/C19H25N9/c1-12-7-17(26-25-12)23-18-11-21-16-10-22-28(19(16)24-18)15-8-13-3-4-14(9-15)27(13)6-2-5-20/h7,11,13-15,22H,2-4,6,8-10H2,1H3,(H2,23,24,25,26)/t13-,14+,15-. The third-order valence-electron chi connectivity index (χ3n) is 6.14. The van der Waals surface area contributed by atoms with E-state index in [0.29, 0.717) is 36.9 Å². The first-order valence-corrected chi connectivity index (χ1v) is 10.0. The number of hydrogen-bond donors (Lipinski definition) is 3. The summed E-state index contributed by atoms with van der Waals surface area (Å²) in [6.07, 6.45) is 7.06. The van der Waals surface area contributed by atoms with Crippen LogP contribution in [0.25, 0.3) is 0 Å². The monoisotopic (exact) mass is 379 g/mol. The molecule has 9 heteroatoms. The Hall–Kier alpha value is -2.70. The van der Waals surface area contributed by atoms with Gasteiger partial charge in [0.25, 0.3) is 0 Å². The third-order valence-corrected chi connectivity index (χ3v) is 6.14. The van der Waals surface area contributed by atoms with Crippen LogP contribution in [0, 0.1) is 18.3 Å². The lowest BCUT2D eigenvalue weighted by molar-refractivity contribution is 0.125. The van der Waals surface area contributed by atoms with Crippen LogP contribution in [0.5, 0.6) is 0 Å². The Bertz CT molecular complexity index is 887. The van der Waals surface area contributed by atoms with Gasteiger partial charge in [-0.1, -0.05) is 0 Å². The van der Waals surface area contributed by atoms with Crippen molar-refractivity contribution in [3.05, 3.63) is 23.7 Å². The number of hydrogen-bond acceptors (Lipinski definition) is 8. The maximum atomic E-state index is 8.93. The first-order valence-electron chi connectivity index (χ1n) is 10.0. The number of nitrogens with one attached hydrogen (secondary N) is 3. The van der Waals surface area contributed by atoms with Crippen LogP contribution in [0.2, 0.25) is 0 Å². The summed E-state index contributed by atoms with van der Waals surface area (Å²) >= 11 is 0. The largest absolute Gasteiger partial charge is 0.322 e. The molecule has 2 fully saturated rings. The maximum Gasteiger partial charge on any atom is 0.168 e. The van der Waals surface area contributed by atoms with E-state index in [9.17, 15) is 0 Å². The first-order chi connectivity index (χ1) is 13.7. The number of hydrazine groups is 1. The van der Waals surface area contributed by atoms with Crippen molar-refractivity contribution in [1.82, 2.24) is 30.5 Å². The average molecular weight is 379 g/mol. The summed E-state index contributed by atoms with van der Waals surface area (Å²) in [6.45, 7) is 3.59. The molecule has 3 aliphatic heterocycles. The summed E-state index contributed by atoms with van der Waals surface area (Å²) in [5, 5.41) is 21.5. The summed E-state index contributed by atoms with van der Waals surface area (Å²) in [5.41, 5.74) is 5.49. The van der Waals surface area contributed by atoms with E-state index in [1.165, 1.54) is 12.8 Å². The second kappa shape index (κ2) is 7.04. The highest BCUT2D eigenvalue weighted by atomic mass is 15.6. The molecule has 0 aliphatic carbocycles. The Morgan fingerprint density at radius 1 is 1.25 bits per heavy atom. The molecule has 0 amide bonds. The Labute approximate surface area is 164 Å². The molecule has 0 saturated carbocycles. The number of H-pyrrole nitrogens is 1. The number of aryl methyl sites for hydroxylation is 1. The number of fused-ring (bicyclic) bond motifs is 3. The van der Waals surface area contributed by atoms with Crippen LogP contribution in [0.4, 0.5) is 17.5 Å². The lowest BCUT2D eigenvalue weighted by Crippen LogP contribution is -2.53. The fourth-order valence-corrected chi connectivity index (χ4v) is 4.93. The maximum absolute atomic E-state index is 8.93. The molecule has 3 aliphatic rings. The lowest BCUT2D eigenvalue weighted by Gasteiger charge is -2.42. The Kier molecular flexibility index (Phi) is 4.37. The van der Waals surface area contributed by atoms with Gasteiger partial charge >= 0.3 is 0 Å². The molecule has 3 atom stereocenters. The molecular formula is C19H25N9. The molecule has 9 nitrogen and oxygen atoms in total. The van der Waals surface area contributed by atoms with E-state index in [2.05, 4.69) is 41.9 Å². The predicted molar refractivity (Wildman–Crippen MR) is 105 cm³/mol. The number of nitriles is 1. The van der Waals surface area contributed by atoms with E-state index in [4.69, 9.17) is 10.2 Å². The molecule has 5 heterocycles. The summed E-state index contributed by atoms with van der Waals surface area (Å²) in [5.74, 6) is 2.37. The molecule has 5 rings (SSSR count). The van der Waals surface area contributed by atoms with Gasteiger partial charge in [-0.05, 0) is 32.6 Å². The normalized spacial score (nSPS) is 26.3. The quantitative estimate of drug-likeness (QED) is 0.724. The molecule has 2 bridgehead atoms. The van der Waals surface area contributed by atoms with Gasteiger partial charge in [-0.2, -0.15) is 10.4 Å². The minimum atomic E-state index is 0.411. The van der Waals surface area contributed by atoms with Crippen molar-refractivity contribution in [2.45, 2.75) is 63.7 Å². The van der Waals surface area contributed by atoms with E-state index < -0.39 is 0 Å². The van der Waals surface area contributed by atoms with Gasteiger partial charge in [0.2, 0.25) is 0 Å². The van der Waals surface area contributed by atoms with Crippen LogP contribution < -0.4 is 15.8 Å². The van der Waals surface area contributed by atoms with Crippen molar-refractivity contribution in [1.29, 1.82) is 5.26 Å². The highest BCUT2D eigenvalue weighted by Crippen LogP contribution is 2.39. The summed E-state index contributed by atoms with van der Waals surface area (Å²) in [4.78, 5) is 12.0. The number of nitrogens with zero attached hydrogens (tertiary/aromatic N) is 6. The number of aromatic nitrogens is 4. The lowest BCUT2D eigenvalue weighted by atomic mass is 9.96. The van der Waals surface area contributed by atoms with Crippen LogP contribution in [-0.4, -0.2) is 49.7 Å². The van der Waals surface area contributed by atoms with Crippen molar-refractivity contribution in [3.63, 3.8) is 0 Å². The van der Waals surface area contributed by atoms with E-state index in [1.807, 2.05) is 13.0 Å². The molecule has 0 radical (unpaired) electrons. The highest BCUT2D eigenvalue weighted by Gasteiger charge is 2.43. The fraction of sp³-hybridized carbons (Fsp3) is 0.579. The Morgan fingerprint density at radius 3 is 2.79 bits per heavy atom. The summed E-state index contributed by atoms with van der Waals surface area (Å²) in [6, 6.07) is 5.80. The van der Waals surface area contributed by atoms with Crippen molar-refractivity contribution < 1.29 is 0 Å². The van der Waals surface area contributed by atoms with Crippen molar-refractivity contribution >= 4 is 17.5 Å². The smallest absolute Gasteiger partial charge is 0.168 e. The molecule has 2 aromatic heterocycles. The molecule has 2 saturated heterocycles. The molecule has 2 aromatic rings. The minimum Gasteiger partial charge on any atom is -0.322 e. The molecule has 3 N–H and O–H groups in total. The SMILES string of the molecule is Cc1cc(Nc2cnc3c(n2)N([C@@H]2C[C@H]4CC[C@@H](C2)N4CCC#N)NC3)n[nH]1. The number of piperidine rings is 1. The van der Waals surface area contributed by atoms with Gasteiger partial charge in [0.15, 0.2) is 17.5 Å². The van der Waals surface area contributed by atoms with Crippen molar-refractivity contribution in [3.8, 4) is 6.07 Å². The highest BCUT2D eigenvalue weighted by molar-refractivity contribution is 5.57. The zero-order chi connectivity index (χ0) is 19.1. The summed E-state index contributed by atoms with van der Waals surface area (Å²) in [7, 11) is 0. The number of aromatic amines is 1. The van der Waals surface area contributed by atoms with Crippen LogP contribution in [0.3, 0.4) is 0 Å². The topological polar surface area (TPSA) is 109 Å². The molecule has 0 unspecified atom stereocenters. The van der Waals surface area contributed by atoms with Gasteiger partial charge in [-0.3, -0.25) is 20.0 Å². The fourth-order valence-electron chi connectivity index (χ4n) is 4.93. The van der Waals surface area contributed by atoms with Crippen LogP contribution in [0.1, 0.15) is 43.5 Å². The molecule has 0 spiro atoms. The van der Waals surface area contributed by atoms with Gasteiger partial charge in [0, 0.05) is 36.8 Å². The van der Waals surface area contributed by atoms with Gasteiger partial charge in [-0.15, -0.1) is 0 Å². The average Bonchev–Trinajstić information content (AvgIpc) is 3.36. The van der Waals surface area contributed by atoms with Gasteiger partial charge in [0.1, 0.15) is 5.69 Å². The van der Waals surface area contributed by atoms with Crippen LogP contribution >= 0.6 is 0 Å². The van der Waals surface area contributed by atoms with Crippen molar-refractivity contribution in [2.24, 2.45) is 0 Å².